The first kappa shape index (κ1) is 22.0. The molecule has 166 valence electrons. The van der Waals surface area contributed by atoms with Gasteiger partial charge in [0, 0.05) is 16.7 Å². The fourth-order valence-electron chi connectivity index (χ4n) is 4.57. The van der Waals surface area contributed by atoms with E-state index in [0.29, 0.717) is 23.8 Å². The van der Waals surface area contributed by atoms with Crippen LogP contribution < -0.4 is 0 Å². The number of amides is 3. The lowest BCUT2D eigenvalue weighted by Crippen LogP contribution is -2.49. The maximum absolute atomic E-state index is 13.5. The molecule has 2 fully saturated rings. The Kier molecular flexibility index (Phi) is 5.97. The lowest BCUT2D eigenvalue weighted by atomic mass is 9.76. The fourth-order valence-corrected chi connectivity index (χ4v) is 4.69. The van der Waals surface area contributed by atoms with Gasteiger partial charge < -0.3 is 0 Å². The highest BCUT2D eigenvalue weighted by atomic mass is 35.5. The van der Waals surface area contributed by atoms with Crippen LogP contribution in [0.5, 0.6) is 0 Å². The van der Waals surface area contributed by atoms with Crippen LogP contribution in [0.2, 0.25) is 5.02 Å². The van der Waals surface area contributed by atoms with E-state index in [1.165, 1.54) is 42.5 Å². The summed E-state index contributed by atoms with van der Waals surface area (Å²) in [4.78, 5) is 51.0. The molecule has 0 bridgehead atoms. The first-order valence-electron chi connectivity index (χ1n) is 10.5. The molecule has 2 aromatic carbocycles. The van der Waals surface area contributed by atoms with Crippen LogP contribution >= 0.6 is 11.6 Å². The van der Waals surface area contributed by atoms with Crippen LogP contribution in [-0.4, -0.2) is 32.7 Å². The third-order valence-electron chi connectivity index (χ3n) is 6.24. The number of nitro benzene ring substituents is 1. The largest absolute Gasteiger partial charge is 0.274 e. The van der Waals surface area contributed by atoms with E-state index in [-0.39, 0.29) is 23.4 Å². The zero-order valence-electron chi connectivity index (χ0n) is 17.4. The van der Waals surface area contributed by atoms with E-state index in [9.17, 15) is 24.5 Å². The molecule has 1 aliphatic carbocycles. The predicted molar refractivity (Wildman–Crippen MR) is 116 cm³/mol. The van der Waals surface area contributed by atoms with Crippen molar-refractivity contribution in [2.24, 2.45) is 17.8 Å². The molecule has 3 amide bonds. The molecule has 0 N–H and O–H groups in total. The number of hydrogen-bond acceptors (Lipinski definition) is 5. The topological polar surface area (TPSA) is 101 Å². The first-order chi connectivity index (χ1) is 15.3. The second kappa shape index (κ2) is 8.70. The molecule has 9 heteroatoms. The molecular formula is C23H22ClN3O5. The molecule has 1 saturated heterocycles. The van der Waals surface area contributed by atoms with Gasteiger partial charge >= 0.3 is 0 Å². The number of hydrazine groups is 1. The molecule has 32 heavy (non-hydrogen) atoms. The van der Waals surface area contributed by atoms with Crippen molar-refractivity contribution in [2.45, 2.75) is 32.7 Å². The number of para-hydroxylation sites is 1. The van der Waals surface area contributed by atoms with E-state index in [1.54, 1.807) is 6.07 Å². The number of rotatable bonds is 5. The monoisotopic (exact) mass is 455 g/mol. The number of benzene rings is 2. The standard InChI is InChI=1S/C23H22ClN3O5/c1-14-6-11-18-19(12-14)23(30)26(22(18)29)25(21(28)15-7-9-17(24)10-8-15)13-16-4-2-3-5-20(16)27(31)32/h2-5,7-10,14,18-19H,6,11-13H2,1H3/t14-,18+,19+/m1/s1. The average Bonchev–Trinajstić information content (AvgIpc) is 3.01. The number of fused-ring (bicyclic) bond motifs is 1. The Labute approximate surface area is 189 Å². The van der Waals surface area contributed by atoms with E-state index in [4.69, 9.17) is 11.6 Å². The van der Waals surface area contributed by atoms with E-state index < -0.39 is 34.5 Å². The molecular weight excluding hydrogens is 434 g/mol. The SMILES string of the molecule is C[C@@H]1CC[C@@H]2C(=O)N(N(Cc3ccccc3[N+](=O)[O-])C(=O)c3ccc(Cl)cc3)C(=O)[C@H]2C1. The third-order valence-corrected chi connectivity index (χ3v) is 6.49. The Morgan fingerprint density at radius 2 is 1.75 bits per heavy atom. The molecule has 0 radical (unpaired) electrons. The van der Waals surface area contributed by atoms with Crippen molar-refractivity contribution in [1.29, 1.82) is 0 Å². The molecule has 2 aliphatic rings. The van der Waals surface area contributed by atoms with Gasteiger partial charge in [-0.1, -0.05) is 36.7 Å². The summed E-state index contributed by atoms with van der Waals surface area (Å²) in [7, 11) is 0. The maximum Gasteiger partial charge on any atom is 0.274 e. The van der Waals surface area contributed by atoms with E-state index in [0.717, 1.165) is 16.4 Å². The van der Waals surface area contributed by atoms with Gasteiger partial charge in [0.05, 0.1) is 28.9 Å². The number of nitrogens with zero attached hydrogens (tertiary/aromatic N) is 3. The first-order valence-corrected chi connectivity index (χ1v) is 10.8. The highest BCUT2D eigenvalue weighted by molar-refractivity contribution is 6.30. The van der Waals surface area contributed by atoms with E-state index >= 15 is 0 Å². The van der Waals surface area contributed by atoms with Crippen LogP contribution in [0, 0.1) is 27.9 Å². The van der Waals surface area contributed by atoms with Crippen LogP contribution in [-0.2, 0) is 16.1 Å². The van der Waals surface area contributed by atoms with E-state index in [1.807, 2.05) is 6.92 Å². The summed E-state index contributed by atoms with van der Waals surface area (Å²) in [6.45, 7) is 1.76. The normalized spacial score (nSPS) is 22.6. The van der Waals surface area contributed by atoms with Gasteiger partial charge in [-0.3, -0.25) is 24.5 Å². The van der Waals surface area contributed by atoms with Gasteiger partial charge in [0.2, 0.25) is 0 Å². The highest BCUT2D eigenvalue weighted by Crippen LogP contribution is 2.41. The van der Waals surface area contributed by atoms with Gasteiger partial charge in [-0.2, -0.15) is 5.01 Å². The molecule has 1 saturated carbocycles. The Hall–Kier alpha value is -3.26. The zero-order valence-corrected chi connectivity index (χ0v) is 18.2. The number of halogens is 1. The molecule has 4 rings (SSSR count). The minimum Gasteiger partial charge on any atom is -0.272 e. The van der Waals surface area contributed by atoms with E-state index in [2.05, 4.69) is 0 Å². The lowest BCUT2D eigenvalue weighted by molar-refractivity contribution is -0.385. The molecule has 3 atom stereocenters. The Balaban J connectivity index is 1.75. The second-order valence-corrected chi connectivity index (χ2v) is 8.81. The second-order valence-electron chi connectivity index (χ2n) is 8.38. The van der Waals surface area contributed by atoms with Crippen LogP contribution in [0.3, 0.4) is 0 Å². The minimum atomic E-state index is -0.604. The van der Waals surface area contributed by atoms with Gasteiger partial charge in [-0.15, -0.1) is 0 Å². The van der Waals surface area contributed by atoms with Crippen molar-refractivity contribution in [2.75, 3.05) is 0 Å². The van der Waals surface area contributed by atoms with Crippen molar-refractivity contribution in [3.63, 3.8) is 0 Å². The van der Waals surface area contributed by atoms with Crippen molar-refractivity contribution in [3.05, 3.63) is 74.8 Å². The van der Waals surface area contributed by atoms with Gasteiger partial charge in [-0.25, -0.2) is 5.01 Å². The summed E-state index contributed by atoms with van der Waals surface area (Å²) in [5.74, 6) is -2.08. The summed E-state index contributed by atoms with van der Waals surface area (Å²) in [6.07, 6.45) is 2.00. The summed E-state index contributed by atoms with van der Waals surface area (Å²) >= 11 is 5.93. The number of carbonyl (C=O) groups is 3. The molecule has 8 nitrogen and oxygen atoms in total. The van der Waals surface area contributed by atoms with Gasteiger partial charge in [0.25, 0.3) is 23.4 Å². The summed E-state index contributed by atoms with van der Waals surface area (Å²) in [5, 5.41) is 13.9. The molecule has 1 aliphatic heterocycles. The lowest BCUT2D eigenvalue weighted by Gasteiger charge is -2.30. The van der Waals surface area contributed by atoms with Crippen LogP contribution in [0.4, 0.5) is 5.69 Å². The Morgan fingerprint density at radius 3 is 2.44 bits per heavy atom. The van der Waals surface area contributed by atoms with Crippen molar-refractivity contribution in [3.8, 4) is 0 Å². The number of imide groups is 1. The minimum absolute atomic E-state index is 0.188. The highest BCUT2D eigenvalue weighted by Gasteiger charge is 2.52. The van der Waals surface area contributed by atoms with Crippen LogP contribution in [0.25, 0.3) is 0 Å². The number of carbonyl (C=O) groups excluding carboxylic acids is 3. The van der Waals surface area contributed by atoms with Gasteiger partial charge in [0.1, 0.15) is 0 Å². The van der Waals surface area contributed by atoms with Crippen molar-refractivity contribution < 1.29 is 19.3 Å². The predicted octanol–water partition coefficient (Wildman–Crippen LogP) is 4.23. The third kappa shape index (κ3) is 3.98. The summed E-state index contributed by atoms with van der Waals surface area (Å²) in [6, 6.07) is 12.0. The maximum atomic E-state index is 13.5. The molecule has 0 aromatic heterocycles. The van der Waals surface area contributed by atoms with Gasteiger partial charge in [0.15, 0.2) is 0 Å². The average molecular weight is 456 g/mol. The van der Waals surface area contributed by atoms with Crippen LogP contribution in [0.1, 0.15) is 42.1 Å². The number of nitro groups is 1. The number of hydrogen-bond donors (Lipinski definition) is 0. The zero-order chi connectivity index (χ0) is 23.0. The molecule has 2 aromatic rings. The molecule has 1 heterocycles. The molecule has 0 unspecified atom stereocenters. The van der Waals surface area contributed by atoms with Gasteiger partial charge in [-0.05, 0) is 49.4 Å². The smallest absolute Gasteiger partial charge is 0.272 e. The summed E-state index contributed by atoms with van der Waals surface area (Å²) < 4.78 is 0. The quantitative estimate of drug-likeness (QED) is 0.381. The Bertz CT molecular complexity index is 1090. The Morgan fingerprint density at radius 1 is 1.09 bits per heavy atom. The van der Waals surface area contributed by atoms with Crippen molar-refractivity contribution in [1.82, 2.24) is 10.0 Å². The molecule has 0 spiro atoms. The fraction of sp³-hybridized carbons (Fsp3) is 0.348. The summed E-state index contributed by atoms with van der Waals surface area (Å²) in [5.41, 5.74) is 0.256. The van der Waals surface area contributed by atoms with Crippen LogP contribution in [0.15, 0.2) is 48.5 Å². The van der Waals surface area contributed by atoms with Crippen molar-refractivity contribution >= 4 is 35.0 Å².